The van der Waals surface area contributed by atoms with Gasteiger partial charge in [-0.15, -0.1) is 0 Å². The monoisotopic (exact) mass is 542 g/mol. The van der Waals surface area contributed by atoms with Gasteiger partial charge in [0.15, 0.2) is 5.82 Å². The largest absolute Gasteiger partial charge is 0.496 e. The van der Waals surface area contributed by atoms with Crippen molar-refractivity contribution < 1.29 is 27.4 Å². The molecule has 0 bridgehead atoms. The molecule has 4 aromatic rings. The summed E-state index contributed by atoms with van der Waals surface area (Å²) in [4.78, 5) is 22.5. The Kier molecular flexibility index (Phi) is 7.21. The van der Waals surface area contributed by atoms with Crippen molar-refractivity contribution in [3.8, 4) is 16.9 Å². The van der Waals surface area contributed by atoms with Gasteiger partial charge in [0.2, 0.25) is 0 Å². The van der Waals surface area contributed by atoms with Gasteiger partial charge in [-0.2, -0.15) is 18.3 Å². The normalized spacial score (nSPS) is 14.4. The van der Waals surface area contributed by atoms with Crippen molar-refractivity contribution in [3.05, 3.63) is 60.2 Å². The molecule has 0 atom stereocenters. The van der Waals surface area contributed by atoms with Crippen LogP contribution in [0.15, 0.2) is 48.9 Å². The van der Waals surface area contributed by atoms with Crippen LogP contribution in [0, 0.1) is 0 Å². The predicted molar refractivity (Wildman–Crippen MR) is 137 cm³/mol. The number of nitrogen functional groups attached to an aromatic ring is 1. The number of alkyl halides is 3. The lowest BCUT2D eigenvalue weighted by Gasteiger charge is -2.26. The van der Waals surface area contributed by atoms with E-state index in [0.717, 1.165) is 36.5 Å². The molecule has 4 heterocycles. The highest BCUT2D eigenvalue weighted by molar-refractivity contribution is 6.00. The molecule has 14 heteroatoms. The van der Waals surface area contributed by atoms with Crippen LogP contribution in [0.1, 0.15) is 11.3 Å². The van der Waals surface area contributed by atoms with E-state index in [9.17, 15) is 18.0 Å². The number of pyridine rings is 1. The average Bonchev–Trinajstić information content (AvgIpc) is 3.28. The van der Waals surface area contributed by atoms with Gasteiger partial charge < -0.3 is 20.5 Å². The summed E-state index contributed by atoms with van der Waals surface area (Å²) in [5.74, 6) is 0.725. The van der Waals surface area contributed by atoms with Crippen molar-refractivity contribution >= 4 is 28.9 Å². The molecule has 3 aromatic heterocycles. The molecule has 0 unspecified atom stereocenters. The lowest BCUT2D eigenvalue weighted by atomic mass is 10.0. The molecule has 0 saturated carbocycles. The van der Waals surface area contributed by atoms with Crippen LogP contribution in [-0.2, 0) is 17.5 Å². The topological polar surface area (TPSA) is 132 Å². The zero-order valence-electron chi connectivity index (χ0n) is 20.8. The number of ether oxygens (including phenoxy) is 2. The van der Waals surface area contributed by atoms with E-state index in [1.807, 2.05) is 6.07 Å². The van der Waals surface area contributed by atoms with Crippen molar-refractivity contribution in [2.45, 2.75) is 12.7 Å². The highest BCUT2D eigenvalue weighted by Crippen LogP contribution is 2.38. The number of urea groups is 1. The zero-order chi connectivity index (χ0) is 27.6. The Morgan fingerprint density at radius 3 is 2.59 bits per heavy atom. The molecule has 1 saturated heterocycles. The first kappa shape index (κ1) is 26.2. The quantitative estimate of drug-likeness (QED) is 0.335. The number of hydrogen-bond donors (Lipinski definition) is 3. The number of nitrogens with zero attached hydrogens (tertiary/aromatic N) is 5. The summed E-state index contributed by atoms with van der Waals surface area (Å²) in [5, 5.41) is 9.46. The van der Waals surface area contributed by atoms with E-state index in [1.165, 1.54) is 13.4 Å². The maximum atomic E-state index is 12.7. The number of halogens is 3. The van der Waals surface area contributed by atoms with Gasteiger partial charge in [0, 0.05) is 48.7 Å². The molecular formula is C25H25F3N8O3. The highest BCUT2D eigenvalue weighted by atomic mass is 19.4. The number of nitrogens with two attached hydrogens (primary N) is 1. The summed E-state index contributed by atoms with van der Waals surface area (Å²) in [5.41, 5.74) is 8.75. The number of nitrogens with one attached hydrogen (secondary N) is 2. The van der Waals surface area contributed by atoms with Gasteiger partial charge in [0.05, 0.1) is 31.6 Å². The Balaban J connectivity index is 1.38. The number of fused-ring (bicyclic) bond motifs is 1. The number of rotatable bonds is 6. The second-order valence-corrected chi connectivity index (χ2v) is 8.77. The second-order valence-electron chi connectivity index (χ2n) is 8.77. The minimum Gasteiger partial charge on any atom is -0.496 e. The average molecular weight is 543 g/mol. The van der Waals surface area contributed by atoms with E-state index in [1.54, 1.807) is 22.7 Å². The molecule has 4 N–H and O–H groups in total. The highest BCUT2D eigenvalue weighted by Gasteiger charge is 2.30. The number of hydrogen-bond acceptors (Lipinski definition) is 8. The minimum atomic E-state index is -4.52. The Hall–Kier alpha value is -4.43. The first-order valence-electron chi connectivity index (χ1n) is 11.9. The smallest absolute Gasteiger partial charge is 0.417 e. The summed E-state index contributed by atoms with van der Waals surface area (Å²) in [6.45, 7) is 3.57. The van der Waals surface area contributed by atoms with Crippen molar-refractivity contribution in [2.24, 2.45) is 0 Å². The van der Waals surface area contributed by atoms with Crippen LogP contribution in [0.4, 0.5) is 35.3 Å². The predicted octanol–water partition coefficient (Wildman–Crippen LogP) is 3.88. The molecule has 0 radical (unpaired) electrons. The number of benzene rings is 1. The van der Waals surface area contributed by atoms with E-state index >= 15 is 0 Å². The summed E-state index contributed by atoms with van der Waals surface area (Å²) in [7, 11) is 1.50. The Morgan fingerprint density at radius 1 is 1.10 bits per heavy atom. The summed E-state index contributed by atoms with van der Waals surface area (Å²) in [6.07, 6.45) is -2.46. The van der Waals surface area contributed by atoms with Crippen LogP contribution in [0.25, 0.3) is 16.6 Å². The van der Waals surface area contributed by atoms with Crippen LogP contribution < -0.4 is 21.1 Å². The number of amides is 2. The third-order valence-electron chi connectivity index (χ3n) is 6.23. The van der Waals surface area contributed by atoms with Crippen molar-refractivity contribution in [2.75, 3.05) is 49.8 Å². The molecule has 1 aromatic carbocycles. The molecule has 1 aliphatic heterocycles. The van der Waals surface area contributed by atoms with Crippen LogP contribution in [0.2, 0.25) is 0 Å². The van der Waals surface area contributed by atoms with Crippen LogP contribution in [0.3, 0.4) is 0 Å². The van der Waals surface area contributed by atoms with Gasteiger partial charge in [0.25, 0.3) is 0 Å². The Morgan fingerprint density at radius 2 is 1.90 bits per heavy atom. The lowest BCUT2D eigenvalue weighted by Crippen LogP contribution is -2.36. The minimum absolute atomic E-state index is 0.0346. The summed E-state index contributed by atoms with van der Waals surface area (Å²) in [6, 6.07) is 8.28. The number of carbonyl (C=O) groups excluding carboxylic acids is 1. The van der Waals surface area contributed by atoms with Gasteiger partial charge in [-0.1, -0.05) is 0 Å². The first-order chi connectivity index (χ1) is 18.7. The number of methoxy groups -OCH3 is 1. The fourth-order valence-electron chi connectivity index (χ4n) is 4.34. The van der Waals surface area contributed by atoms with Crippen LogP contribution in [0.5, 0.6) is 5.75 Å². The summed E-state index contributed by atoms with van der Waals surface area (Å²) >= 11 is 0. The van der Waals surface area contributed by atoms with E-state index in [4.69, 9.17) is 15.2 Å². The van der Waals surface area contributed by atoms with Crippen molar-refractivity contribution in [1.29, 1.82) is 0 Å². The van der Waals surface area contributed by atoms with E-state index in [2.05, 4.69) is 30.6 Å². The Labute approximate surface area is 220 Å². The molecule has 5 rings (SSSR count). The molecule has 1 aliphatic rings. The fraction of sp³-hybridized carbons (Fsp3) is 0.280. The number of morpholine rings is 1. The van der Waals surface area contributed by atoms with Gasteiger partial charge in [0.1, 0.15) is 23.4 Å². The maximum Gasteiger partial charge on any atom is 0.417 e. The molecule has 0 aliphatic carbocycles. The van der Waals surface area contributed by atoms with Gasteiger partial charge in [-0.05, 0) is 30.3 Å². The zero-order valence-corrected chi connectivity index (χ0v) is 20.8. The van der Waals surface area contributed by atoms with Crippen LogP contribution >= 0.6 is 0 Å². The third kappa shape index (κ3) is 5.71. The number of carbonyl (C=O) groups is 1. The van der Waals surface area contributed by atoms with Gasteiger partial charge in [-0.25, -0.2) is 19.3 Å². The van der Waals surface area contributed by atoms with Crippen molar-refractivity contribution in [1.82, 2.24) is 24.5 Å². The SMILES string of the molecule is COc1cc(NC(=O)Nc2ccc(C(F)(F)F)cn2)ccc1-c1cc(CN2CCOCC2)n2ncnc(N)c12. The fourth-order valence-corrected chi connectivity index (χ4v) is 4.34. The summed E-state index contributed by atoms with van der Waals surface area (Å²) < 4.78 is 51.1. The lowest BCUT2D eigenvalue weighted by molar-refractivity contribution is -0.137. The first-order valence-corrected chi connectivity index (χ1v) is 11.9. The molecule has 39 heavy (non-hydrogen) atoms. The maximum absolute atomic E-state index is 12.7. The van der Waals surface area contributed by atoms with E-state index in [-0.39, 0.29) is 5.82 Å². The van der Waals surface area contributed by atoms with Crippen molar-refractivity contribution in [3.63, 3.8) is 0 Å². The van der Waals surface area contributed by atoms with Gasteiger partial charge in [-0.3, -0.25) is 10.2 Å². The number of anilines is 3. The molecule has 0 spiro atoms. The van der Waals surface area contributed by atoms with E-state index in [0.29, 0.717) is 54.3 Å². The number of aromatic nitrogens is 4. The van der Waals surface area contributed by atoms with Gasteiger partial charge >= 0.3 is 12.2 Å². The second kappa shape index (κ2) is 10.7. The van der Waals surface area contributed by atoms with E-state index < -0.39 is 17.8 Å². The Bertz CT molecular complexity index is 1480. The molecule has 2 amide bonds. The molecule has 11 nitrogen and oxygen atoms in total. The molecule has 204 valence electrons. The molecular weight excluding hydrogens is 517 g/mol. The standard InChI is InChI=1S/C25H25F3N8O3/c1-38-20-10-16(33-24(37)34-21-5-2-15(12-30-21)25(26,27)28)3-4-18(20)19-11-17(13-35-6-8-39-9-7-35)36-22(19)23(29)31-14-32-36/h2-5,10-12,14H,6-9,13H2,1H3,(H2,29,31,32)(H2,30,33,34,37). The third-order valence-corrected chi connectivity index (χ3v) is 6.23. The van der Waals surface area contributed by atoms with Crippen LogP contribution in [-0.4, -0.2) is 63.9 Å². The molecule has 1 fully saturated rings.